The Balaban J connectivity index is 1.76. The molecule has 3 rings (SSSR count). The molecule has 0 spiro atoms. The molecule has 2 aromatic carbocycles. The standard InChI is InChI=1S/C22H23N3O2S/c1-14-5-8-18(9-6-14)23-22(27)17(4)28-20-11-12-21(26)25(24-20)19-10-7-15(2)16(3)13-19/h5-13,17H,1-4H3,(H,23,27). The summed E-state index contributed by atoms with van der Waals surface area (Å²) in [4.78, 5) is 24.7. The molecule has 5 nitrogen and oxygen atoms in total. The Morgan fingerprint density at radius 1 is 1.00 bits per heavy atom. The zero-order chi connectivity index (χ0) is 20.3. The molecule has 6 heteroatoms. The Morgan fingerprint density at radius 2 is 1.71 bits per heavy atom. The Bertz CT molecular complexity index is 1060. The van der Waals surface area contributed by atoms with Gasteiger partial charge in [-0.2, -0.15) is 9.78 Å². The van der Waals surface area contributed by atoms with Crippen molar-refractivity contribution in [2.45, 2.75) is 38.0 Å². The molecule has 0 saturated carbocycles. The largest absolute Gasteiger partial charge is 0.325 e. The topological polar surface area (TPSA) is 64.0 Å². The lowest BCUT2D eigenvalue weighted by Crippen LogP contribution is -2.24. The first-order valence-corrected chi connectivity index (χ1v) is 9.93. The van der Waals surface area contributed by atoms with Gasteiger partial charge in [0.1, 0.15) is 5.03 Å². The van der Waals surface area contributed by atoms with E-state index in [0.29, 0.717) is 10.7 Å². The Labute approximate surface area is 168 Å². The minimum atomic E-state index is -0.362. The maximum absolute atomic E-state index is 12.5. The molecule has 1 heterocycles. The number of rotatable bonds is 5. The van der Waals surface area contributed by atoms with Gasteiger partial charge in [-0.3, -0.25) is 9.59 Å². The zero-order valence-corrected chi connectivity index (χ0v) is 17.2. The van der Waals surface area contributed by atoms with Crippen molar-refractivity contribution in [3.63, 3.8) is 0 Å². The van der Waals surface area contributed by atoms with Crippen LogP contribution in [0.2, 0.25) is 0 Å². The predicted molar refractivity (Wildman–Crippen MR) is 114 cm³/mol. The number of thioether (sulfide) groups is 1. The fraction of sp³-hybridized carbons (Fsp3) is 0.227. The highest BCUT2D eigenvalue weighted by Gasteiger charge is 2.16. The summed E-state index contributed by atoms with van der Waals surface area (Å²) in [6, 6.07) is 16.6. The Hall–Kier alpha value is -2.86. The lowest BCUT2D eigenvalue weighted by Gasteiger charge is -2.13. The molecule has 0 bridgehead atoms. The van der Waals surface area contributed by atoms with Gasteiger partial charge < -0.3 is 5.32 Å². The summed E-state index contributed by atoms with van der Waals surface area (Å²) >= 11 is 1.32. The van der Waals surface area contributed by atoms with E-state index in [1.807, 2.05) is 70.2 Å². The van der Waals surface area contributed by atoms with Crippen molar-refractivity contribution in [3.05, 3.63) is 81.6 Å². The Morgan fingerprint density at radius 3 is 2.39 bits per heavy atom. The van der Waals surface area contributed by atoms with Crippen molar-refractivity contribution in [2.24, 2.45) is 0 Å². The minimum absolute atomic E-state index is 0.111. The molecule has 0 fully saturated rings. The van der Waals surface area contributed by atoms with E-state index < -0.39 is 0 Å². The highest BCUT2D eigenvalue weighted by atomic mass is 32.2. The predicted octanol–water partition coefficient (Wildman–Crippen LogP) is 4.28. The van der Waals surface area contributed by atoms with Crippen LogP contribution in [0.3, 0.4) is 0 Å². The van der Waals surface area contributed by atoms with Crippen LogP contribution in [0.25, 0.3) is 5.69 Å². The van der Waals surface area contributed by atoms with Gasteiger partial charge in [0.05, 0.1) is 10.9 Å². The number of amides is 1. The molecular formula is C22H23N3O2S. The first-order chi connectivity index (χ1) is 13.3. The van der Waals surface area contributed by atoms with E-state index >= 15 is 0 Å². The van der Waals surface area contributed by atoms with Crippen molar-refractivity contribution in [2.75, 3.05) is 5.32 Å². The summed E-state index contributed by atoms with van der Waals surface area (Å²) in [6.07, 6.45) is 0. The second kappa shape index (κ2) is 8.44. The van der Waals surface area contributed by atoms with Crippen molar-refractivity contribution < 1.29 is 4.79 Å². The molecule has 1 amide bonds. The fourth-order valence-corrected chi connectivity index (χ4v) is 3.42. The van der Waals surface area contributed by atoms with Crippen LogP contribution in [0.1, 0.15) is 23.6 Å². The van der Waals surface area contributed by atoms with E-state index in [1.54, 1.807) is 6.07 Å². The number of hydrogen-bond donors (Lipinski definition) is 1. The minimum Gasteiger partial charge on any atom is -0.325 e. The summed E-state index contributed by atoms with van der Waals surface area (Å²) in [5.74, 6) is -0.111. The van der Waals surface area contributed by atoms with E-state index in [2.05, 4.69) is 10.4 Å². The first kappa shape index (κ1) is 19.9. The van der Waals surface area contributed by atoms with E-state index in [1.165, 1.54) is 22.5 Å². The second-order valence-electron chi connectivity index (χ2n) is 6.81. The van der Waals surface area contributed by atoms with Gasteiger partial charge in [0.15, 0.2) is 0 Å². The van der Waals surface area contributed by atoms with E-state index in [4.69, 9.17) is 0 Å². The number of nitrogens with zero attached hydrogens (tertiary/aromatic N) is 2. The van der Waals surface area contributed by atoms with Gasteiger partial charge in [0.2, 0.25) is 5.91 Å². The SMILES string of the molecule is Cc1ccc(NC(=O)C(C)Sc2ccc(=O)n(-c3ccc(C)c(C)c3)n2)cc1. The molecule has 28 heavy (non-hydrogen) atoms. The lowest BCUT2D eigenvalue weighted by molar-refractivity contribution is -0.115. The van der Waals surface area contributed by atoms with Crippen LogP contribution in [0.4, 0.5) is 5.69 Å². The number of carbonyl (C=O) groups is 1. The third-order valence-corrected chi connectivity index (χ3v) is 5.52. The van der Waals surface area contributed by atoms with Gasteiger partial charge in [-0.1, -0.05) is 35.5 Å². The van der Waals surface area contributed by atoms with Crippen molar-refractivity contribution in [1.29, 1.82) is 0 Å². The van der Waals surface area contributed by atoms with Gasteiger partial charge in [0, 0.05) is 11.8 Å². The number of benzene rings is 2. The first-order valence-electron chi connectivity index (χ1n) is 9.06. The van der Waals surface area contributed by atoms with E-state index in [9.17, 15) is 9.59 Å². The molecule has 1 aromatic heterocycles. The molecule has 0 aliphatic carbocycles. The number of nitrogens with one attached hydrogen (secondary N) is 1. The number of aromatic nitrogens is 2. The number of anilines is 1. The second-order valence-corrected chi connectivity index (χ2v) is 8.17. The van der Waals surface area contributed by atoms with E-state index in [0.717, 1.165) is 22.4 Å². The molecule has 3 aromatic rings. The molecule has 1 N–H and O–H groups in total. The Kier molecular flexibility index (Phi) is 5.99. The van der Waals surface area contributed by atoms with Gasteiger partial charge in [-0.05, 0) is 69.2 Å². The van der Waals surface area contributed by atoms with Crippen LogP contribution in [0.15, 0.2) is 64.4 Å². The number of carbonyl (C=O) groups excluding carboxylic acids is 1. The van der Waals surface area contributed by atoms with Crippen LogP contribution in [-0.2, 0) is 4.79 Å². The molecule has 0 aliphatic rings. The molecule has 144 valence electrons. The van der Waals surface area contributed by atoms with Gasteiger partial charge >= 0.3 is 0 Å². The molecular weight excluding hydrogens is 370 g/mol. The summed E-state index contributed by atoms with van der Waals surface area (Å²) < 4.78 is 1.37. The van der Waals surface area contributed by atoms with Crippen LogP contribution in [0, 0.1) is 20.8 Å². The van der Waals surface area contributed by atoms with Crippen molar-refractivity contribution in [1.82, 2.24) is 9.78 Å². The lowest BCUT2D eigenvalue weighted by atomic mass is 10.1. The smallest absolute Gasteiger partial charge is 0.271 e. The normalized spacial score (nSPS) is 11.9. The summed E-state index contributed by atoms with van der Waals surface area (Å²) in [5, 5.41) is 7.60. The average molecular weight is 394 g/mol. The zero-order valence-electron chi connectivity index (χ0n) is 16.4. The summed E-state index contributed by atoms with van der Waals surface area (Å²) in [6.45, 7) is 7.84. The maximum Gasteiger partial charge on any atom is 0.271 e. The third kappa shape index (κ3) is 4.70. The molecule has 1 atom stereocenters. The summed E-state index contributed by atoms with van der Waals surface area (Å²) in [7, 11) is 0. The molecule has 0 aliphatic heterocycles. The van der Waals surface area contributed by atoms with E-state index in [-0.39, 0.29) is 16.7 Å². The number of aryl methyl sites for hydroxylation is 3. The maximum atomic E-state index is 12.5. The van der Waals surface area contributed by atoms with Crippen LogP contribution in [-0.4, -0.2) is 20.9 Å². The quantitative estimate of drug-likeness (QED) is 0.657. The van der Waals surface area contributed by atoms with Crippen molar-refractivity contribution >= 4 is 23.4 Å². The third-order valence-electron chi connectivity index (χ3n) is 4.50. The fourth-order valence-electron chi connectivity index (χ4n) is 2.61. The number of hydrogen-bond acceptors (Lipinski definition) is 4. The molecule has 1 unspecified atom stereocenters. The highest BCUT2D eigenvalue weighted by molar-refractivity contribution is 8.00. The summed E-state index contributed by atoms with van der Waals surface area (Å²) in [5.41, 5.74) is 4.66. The average Bonchev–Trinajstić information content (AvgIpc) is 2.67. The highest BCUT2D eigenvalue weighted by Crippen LogP contribution is 2.22. The van der Waals surface area contributed by atoms with Gasteiger partial charge in [-0.25, -0.2) is 0 Å². The van der Waals surface area contributed by atoms with Crippen LogP contribution in [0.5, 0.6) is 0 Å². The van der Waals surface area contributed by atoms with Crippen LogP contribution >= 0.6 is 11.8 Å². The molecule has 0 radical (unpaired) electrons. The van der Waals surface area contributed by atoms with Crippen molar-refractivity contribution in [3.8, 4) is 5.69 Å². The monoisotopic (exact) mass is 393 g/mol. The van der Waals surface area contributed by atoms with Crippen LogP contribution < -0.4 is 10.9 Å². The molecule has 0 saturated heterocycles. The van der Waals surface area contributed by atoms with Gasteiger partial charge in [-0.15, -0.1) is 0 Å². The van der Waals surface area contributed by atoms with Gasteiger partial charge in [0.25, 0.3) is 5.56 Å².